The van der Waals surface area contributed by atoms with Crippen LogP contribution >= 0.6 is 0 Å². The molecule has 5 nitrogen and oxygen atoms in total. The van der Waals surface area contributed by atoms with Crippen molar-refractivity contribution in [3.63, 3.8) is 0 Å². The molecule has 1 rings (SSSR count). The molecule has 5 heteroatoms. The molecule has 0 fully saturated rings. The van der Waals surface area contributed by atoms with Crippen LogP contribution in [0.15, 0.2) is 29.3 Å². The third-order valence-electron chi connectivity index (χ3n) is 2.68. The maximum Gasteiger partial charge on any atom is 0.195 e. The number of hydrogen-bond acceptors (Lipinski definition) is 3. The first-order valence-corrected chi connectivity index (χ1v) is 6.64. The van der Waals surface area contributed by atoms with Crippen LogP contribution < -0.4 is 4.74 Å². The molecule has 1 aromatic rings. The summed E-state index contributed by atoms with van der Waals surface area (Å²) in [4.78, 5) is 8.61. The third-order valence-corrected chi connectivity index (χ3v) is 2.68. The van der Waals surface area contributed by atoms with E-state index in [1.165, 1.54) is 0 Å². The number of ether oxygens (including phenoxy) is 2. The normalized spacial score (nSPS) is 10.1. The number of guanidine groups is 1. The molecular weight excluding hydrogens is 254 g/mol. The van der Waals surface area contributed by atoms with Gasteiger partial charge in [0.1, 0.15) is 12.4 Å². The highest BCUT2D eigenvalue weighted by Gasteiger charge is 2.03. The summed E-state index contributed by atoms with van der Waals surface area (Å²) < 4.78 is 10.5. The maximum absolute atomic E-state index is 5.53. The molecule has 0 spiro atoms. The van der Waals surface area contributed by atoms with Crippen LogP contribution in [0.3, 0.4) is 0 Å². The third kappa shape index (κ3) is 5.48. The zero-order chi connectivity index (χ0) is 15.0. The minimum atomic E-state index is 0.569. The van der Waals surface area contributed by atoms with E-state index in [9.17, 15) is 0 Å². The van der Waals surface area contributed by atoms with Crippen molar-refractivity contribution >= 4 is 5.96 Å². The van der Waals surface area contributed by atoms with Gasteiger partial charge in [0, 0.05) is 35.3 Å². The lowest BCUT2D eigenvalue weighted by Crippen LogP contribution is -2.35. The van der Waals surface area contributed by atoms with E-state index in [1.807, 2.05) is 62.3 Å². The standard InChI is InChI=1S/C15H25N3O2/c1-17(2)15(18(3)4)16-12-13-6-8-14(9-7-13)20-11-10-19-5/h6-9H,10-12H2,1-5H3. The lowest BCUT2D eigenvalue weighted by atomic mass is 10.2. The molecule has 0 aliphatic carbocycles. The number of benzene rings is 1. The van der Waals surface area contributed by atoms with Crippen LogP contribution in [0.2, 0.25) is 0 Å². The molecule has 0 aliphatic rings. The second-order valence-electron chi connectivity index (χ2n) is 4.89. The smallest absolute Gasteiger partial charge is 0.195 e. The maximum atomic E-state index is 5.53. The van der Waals surface area contributed by atoms with Gasteiger partial charge >= 0.3 is 0 Å². The molecular formula is C15H25N3O2. The molecule has 0 bridgehead atoms. The molecule has 0 aliphatic heterocycles. The number of nitrogens with zero attached hydrogens (tertiary/aromatic N) is 3. The van der Waals surface area contributed by atoms with Crippen LogP contribution in [0.4, 0.5) is 0 Å². The Labute approximate surface area is 121 Å². The van der Waals surface area contributed by atoms with Crippen LogP contribution in [0.1, 0.15) is 5.56 Å². The summed E-state index contributed by atoms with van der Waals surface area (Å²) in [6.45, 7) is 1.82. The molecule has 0 heterocycles. The Morgan fingerprint density at radius 2 is 1.60 bits per heavy atom. The summed E-state index contributed by atoms with van der Waals surface area (Å²) in [5.41, 5.74) is 1.16. The molecule has 0 unspecified atom stereocenters. The molecule has 1 aromatic carbocycles. The van der Waals surface area contributed by atoms with E-state index in [2.05, 4.69) is 4.99 Å². The fourth-order valence-corrected chi connectivity index (χ4v) is 1.78. The quantitative estimate of drug-likeness (QED) is 0.451. The van der Waals surface area contributed by atoms with Gasteiger partial charge in [-0.15, -0.1) is 0 Å². The van der Waals surface area contributed by atoms with Gasteiger partial charge < -0.3 is 19.3 Å². The predicted molar refractivity (Wildman–Crippen MR) is 82.3 cm³/mol. The summed E-state index contributed by atoms with van der Waals surface area (Å²) in [6, 6.07) is 8.00. The van der Waals surface area contributed by atoms with Crippen LogP contribution in [0.5, 0.6) is 5.75 Å². The Hall–Kier alpha value is -1.75. The number of aliphatic imine (C=N–C) groups is 1. The van der Waals surface area contributed by atoms with Gasteiger partial charge in [0.25, 0.3) is 0 Å². The minimum absolute atomic E-state index is 0.569. The highest BCUT2D eigenvalue weighted by atomic mass is 16.5. The Morgan fingerprint density at radius 1 is 1.00 bits per heavy atom. The largest absolute Gasteiger partial charge is 0.491 e. The summed E-state index contributed by atoms with van der Waals surface area (Å²) in [6.07, 6.45) is 0. The van der Waals surface area contributed by atoms with Crippen molar-refractivity contribution in [2.75, 3.05) is 48.5 Å². The summed E-state index contributed by atoms with van der Waals surface area (Å²) in [5.74, 6) is 1.81. The van der Waals surface area contributed by atoms with E-state index in [1.54, 1.807) is 7.11 Å². The van der Waals surface area contributed by atoms with Gasteiger partial charge in [-0.25, -0.2) is 4.99 Å². The fraction of sp³-hybridized carbons (Fsp3) is 0.533. The lowest BCUT2D eigenvalue weighted by Gasteiger charge is -2.22. The van der Waals surface area contributed by atoms with Crippen LogP contribution in [-0.4, -0.2) is 64.3 Å². The van der Waals surface area contributed by atoms with Gasteiger partial charge in [-0.2, -0.15) is 0 Å². The van der Waals surface area contributed by atoms with Gasteiger partial charge in [-0.3, -0.25) is 0 Å². The van der Waals surface area contributed by atoms with Crippen LogP contribution in [0, 0.1) is 0 Å². The first kappa shape index (κ1) is 16.3. The molecule has 0 saturated carbocycles. The highest BCUT2D eigenvalue weighted by molar-refractivity contribution is 5.79. The van der Waals surface area contributed by atoms with Gasteiger partial charge in [-0.05, 0) is 17.7 Å². The van der Waals surface area contributed by atoms with E-state index < -0.39 is 0 Å². The van der Waals surface area contributed by atoms with Gasteiger partial charge in [-0.1, -0.05) is 12.1 Å². The summed E-state index contributed by atoms with van der Waals surface area (Å²) >= 11 is 0. The molecule has 0 radical (unpaired) electrons. The molecule has 0 amide bonds. The van der Waals surface area contributed by atoms with Crippen molar-refractivity contribution in [2.45, 2.75) is 6.54 Å². The van der Waals surface area contributed by atoms with Crippen molar-refractivity contribution in [1.82, 2.24) is 9.80 Å². The molecule has 20 heavy (non-hydrogen) atoms. The summed E-state index contributed by atoms with van der Waals surface area (Å²) in [7, 11) is 9.63. The number of methoxy groups -OCH3 is 1. The molecule has 0 atom stereocenters. The lowest BCUT2D eigenvalue weighted by molar-refractivity contribution is 0.146. The second kappa shape index (κ2) is 8.43. The van der Waals surface area contributed by atoms with Crippen LogP contribution in [0.25, 0.3) is 0 Å². The van der Waals surface area contributed by atoms with Crippen LogP contribution in [-0.2, 0) is 11.3 Å². The Bertz CT molecular complexity index is 404. The van der Waals surface area contributed by atoms with E-state index in [0.29, 0.717) is 19.8 Å². The summed E-state index contributed by atoms with van der Waals surface area (Å²) in [5, 5.41) is 0. The van der Waals surface area contributed by atoms with Gasteiger partial charge in [0.05, 0.1) is 13.2 Å². The molecule has 0 aromatic heterocycles. The Balaban J connectivity index is 2.58. The van der Waals surface area contributed by atoms with Gasteiger partial charge in [0.15, 0.2) is 5.96 Å². The van der Waals surface area contributed by atoms with E-state index >= 15 is 0 Å². The SMILES string of the molecule is COCCOc1ccc(CN=C(N(C)C)N(C)C)cc1. The minimum Gasteiger partial charge on any atom is -0.491 e. The first-order chi connectivity index (χ1) is 9.54. The van der Waals surface area contributed by atoms with Crippen molar-refractivity contribution in [3.05, 3.63) is 29.8 Å². The number of hydrogen-bond donors (Lipinski definition) is 0. The molecule has 0 saturated heterocycles. The Kier molecular flexibility index (Phi) is 6.87. The van der Waals surface area contributed by atoms with Gasteiger partial charge in [0.2, 0.25) is 0 Å². The predicted octanol–water partition coefficient (Wildman–Crippen LogP) is 1.69. The molecule has 0 N–H and O–H groups in total. The topological polar surface area (TPSA) is 37.3 Å². The van der Waals surface area contributed by atoms with Crippen molar-refractivity contribution in [3.8, 4) is 5.75 Å². The zero-order valence-corrected chi connectivity index (χ0v) is 13.1. The average molecular weight is 279 g/mol. The first-order valence-electron chi connectivity index (χ1n) is 6.64. The Morgan fingerprint density at radius 3 is 2.10 bits per heavy atom. The molecule has 112 valence electrons. The monoisotopic (exact) mass is 279 g/mol. The van der Waals surface area contributed by atoms with E-state index in [-0.39, 0.29) is 0 Å². The highest BCUT2D eigenvalue weighted by Crippen LogP contribution is 2.13. The van der Waals surface area contributed by atoms with Crippen molar-refractivity contribution in [1.29, 1.82) is 0 Å². The fourth-order valence-electron chi connectivity index (χ4n) is 1.78. The number of rotatable bonds is 6. The van der Waals surface area contributed by atoms with E-state index in [4.69, 9.17) is 9.47 Å². The van der Waals surface area contributed by atoms with Crippen molar-refractivity contribution in [2.24, 2.45) is 4.99 Å². The second-order valence-corrected chi connectivity index (χ2v) is 4.89. The zero-order valence-electron chi connectivity index (χ0n) is 13.1. The average Bonchev–Trinajstić information content (AvgIpc) is 2.40. The van der Waals surface area contributed by atoms with Crippen molar-refractivity contribution < 1.29 is 9.47 Å². The van der Waals surface area contributed by atoms with E-state index in [0.717, 1.165) is 17.3 Å².